The summed E-state index contributed by atoms with van der Waals surface area (Å²) in [7, 11) is 0. The fraction of sp³-hybridized carbons (Fsp3) is 0.800. The first-order chi connectivity index (χ1) is 8.97. The SMILES string of the molecule is CC1(C)CC[C@H]2CN(Cc3cscn3)CC[C@@]2(C)O1. The largest absolute Gasteiger partial charge is 0.369 e. The Kier molecular flexibility index (Phi) is 3.44. The number of rotatable bonds is 2. The van der Waals surface area contributed by atoms with Crippen molar-refractivity contribution in [3.8, 4) is 0 Å². The van der Waals surface area contributed by atoms with Gasteiger partial charge in [-0.25, -0.2) is 4.98 Å². The Labute approximate surface area is 120 Å². The Morgan fingerprint density at radius 3 is 3.00 bits per heavy atom. The monoisotopic (exact) mass is 280 g/mol. The van der Waals surface area contributed by atoms with Gasteiger partial charge < -0.3 is 4.74 Å². The average molecular weight is 280 g/mol. The van der Waals surface area contributed by atoms with E-state index in [0.717, 1.165) is 26.1 Å². The van der Waals surface area contributed by atoms with E-state index in [9.17, 15) is 0 Å². The zero-order valence-electron chi connectivity index (χ0n) is 12.2. The zero-order chi connectivity index (χ0) is 13.5. The van der Waals surface area contributed by atoms with Crippen molar-refractivity contribution >= 4 is 11.3 Å². The van der Waals surface area contributed by atoms with Crippen molar-refractivity contribution in [1.82, 2.24) is 9.88 Å². The van der Waals surface area contributed by atoms with Gasteiger partial charge >= 0.3 is 0 Å². The minimum atomic E-state index is 0.0579. The van der Waals surface area contributed by atoms with Crippen molar-refractivity contribution in [2.45, 2.75) is 57.8 Å². The van der Waals surface area contributed by atoms with Gasteiger partial charge in [0.25, 0.3) is 0 Å². The molecule has 3 heterocycles. The van der Waals surface area contributed by atoms with Crippen molar-refractivity contribution in [3.63, 3.8) is 0 Å². The molecule has 1 aromatic rings. The lowest BCUT2D eigenvalue weighted by Gasteiger charge is -2.53. The van der Waals surface area contributed by atoms with E-state index in [4.69, 9.17) is 4.74 Å². The molecule has 0 saturated carbocycles. The highest BCUT2D eigenvalue weighted by Crippen LogP contribution is 2.44. The maximum Gasteiger partial charge on any atom is 0.0795 e. The summed E-state index contributed by atoms with van der Waals surface area (Å²) in [5.41, 5.74) is 3.28. The normalized spacial score (nSPS) is 35.0. The number of nitrogens with zero attached hydrogens (tertiary/aromatic N) is 2. The van der Waals surface area contributed by atoms with Crippen LogP contribution in [0.4, 0.5) is 0 Å². The van der Waals surface area contributed by atoms with E-state index in [1.165, 1.54) is 18.5 Å². The van der Waals surface area contributed by atoms with Crippen LogP contribution >= 0.6 is 11.3 Å². The van der Waals surface area contributed by atoms with E-state index in [1.807, 2.05) is 5.51 Å². The Morgan fingerprint density at radius 2 is 2.26 bits per heavy atom. The van der Waals surface area contributed by atoms with Gasteiger partial charge in [-0.3, -0.25) is 4.90 Å². The molecule has 2 saturated heterocycles. The number of hydrogen-bond donors (Lipinski definition) is 0. The molecule has 0 unspecified atom stereocenters. The van der Waals surface area contributed by atoms with Crippen molar-refractivity contribution in [2.75, 3.05) is 13.1 Å². The molecular formula is C15H24N2OS. The van der Waals surface area contributed by atoms with Crippen LogP contribution in [0.15, 0.2) is 10.9 Å². The second-order valence-electron chi connectivity index (χ2n) is 6.87. The predicted molar refractivity (Wildman–Crippen MR) is 78.3 cm³/mol. The van der Waals surface area contributed by atoms with Gasteiger partial charge in [0.2, 0.25) is 0 Å². The smallest absolute Gasteiger partial charge is 0.0795 e. The van der Waals surface area contributed by atoms with Crippen LogP contribution in [0.2, 0.25) is 0 Å². The van der Waals surface area contributed by atoms with Gasteiger partial charge in [0.1, 0.15) is 0 Å². The summed E-state index contributed by atoms with van der Waals surface area (Å²) in [6.45, 7) is 10.1. The molecular weight excluding hydrogens is 256 g/mol. The molecule has 0 radical (unpaired) electrons. The first kappa shape index (κ1) is 13.5. The van der Waals surface area contributed by atoms with E-state index in [0.29, 0.717) is 5.92 Å². The Bertz CT molecular complexity index is 431. The molecule has 3 rings (SSSR count). The van der Waals surface area contributed by atoms with Gasteiger partial charge in [0.05, 0.1) is 22.4 Å². The van der Waals surface area contributed by atoms with E-state index in [-0.39, 0.29) is 11.2 Å². The molecule has 0 spiro atoms. The van der Waals surface area contributed by atoms with Crippen molar-refractivity contribution in [3.05, 3.63) is 16.6 Å². The predicted octanol–water partition coefficient (Wildman–Crippen LogP) is 3.31. The molecule has 106 valence electrons. The molecule has 0 N–H and O–H groups in total. The number of piperidine rings is 1. The molecule has 0 aliphatic carbocycles. The highest BCUT2D eigenvalue weighted by molar-refractivity contribution is 7.07. The molecule has 4 heteroatoms. The Balaban J connectivity index is 1.65. The molecule has 3 nitrogen and oxygen atoms in total. The number of aromatic nitrogens is 1. The lowest BCUT2D eigenvalue weighted by atomic mass is 9.74. The van der Waals surface area contributed by atoms with Crippen molar-refractivity contribution in [2.24, 2.45) is 5.92 Å². The zero-order valence-corrected chi connectivity index (χ0v) is 13.0. The molecule has 1 aromatic heterocycles. The number of fused-ring (bicyclic) bond motifs is 1. The van der Waals surface area contributed by atoms with E-state index < -0.39 is 0 Å². The molecule has 0 aromatic carbocycles. The fourth-order valence-electron chi connectivity index (χ4n) is 3.60. The lowest BCUT2D eigenvalue weighted by molar-refractivity contribution is -0.214. The van der Waals surface area contributed by atoms with Crippen LogP contribution in [0.1, 0.15) is 45.7 Å². The molecule has 2 fully saturated rings. The van der Waals surface area contributed by atoms with E-state index >= 15 is 0 Å². The van der Waals surface area contributed by atoms with Crippen molar-refractivity contribution < 1.29 is 4.74 Å². The molecule has 2 aliphatic heterocycles. The highest BCUT2D eigenvalue weighted by atomic mass is 32.1. The summed E-state index contributed by atoms with van der Waals surface area (Å²) in [5.74, 6) is 0.674. The molecule has 2 aliphatic rings. The quantitative estimate of drug-likeness (QED) is 0.831. The van der Waals surface area contributed by atoms with Crippen LogP contribution in [0.5, 0.6) is 0 Å². The van der Waals surface area contributed by atoms with Crippen LogP contribution in [-0.4, -0.2) is 34.2 Å². The van der Waals surface area contributed by atoms with Crippen LogP contribution < -0.4 is 0 Å². The molecule has 19 heavy (non-hydrogen) atoms. The summed E-state index contributed by atoms with van der Waals surface area (Å²) in [4.78, 5) is 6.95. The van der Waals surface area contributed by atoms with Gasteiger partial charge in [-0.2, -0.15) is 0 Å². The lowest BCUT2D eigenvalue weighted by Crippen LogP contribution is -2.57. The molecule has 2 atom stereocenters. The van der Waals surface area contributed by atoms with Gasteiger partial charge in [-0.15, -0.1) is 11.3 Å². The summed E-state index contributed by atoms with van der Waals surface area (Å²) < 4.78 is 6.41. The van der Waals surface area contributed by atoms with Crippen LogP contribution in [0.25, 0.3) is 0 Å². The first-order valence-corrected chi connectivity index (χ1v) is 8.21. The summed E-state index contributed by atoms with van der Waals surface area (Å²) in [5, 5.41) is 2.16. The van der Waals surface area contributed by atoms with Gasteiger partial charge in [0, 0.05) is 30.9 Å². The van der Waals surface area contributed by atoms with E-state index in [2.05, 4.69) is 36.0 Å². The summed E-state index contributed by atoms with van der Waals surface area (Å²) in [6.07, 6.45) is 3.61. The van der Waals surface area contributed by atoms with E-state index in [1.54, 1.807) is 11.3 Å². The number of thiazole rings is 1. The number of ether oxygens (including phenoxy) is 1. The van der Waals surface area contributed by atoms with Crippen LogP contribution in [0.3, 0.4) is 0 Å². The number of hydrogen-bond acceptors (Lipinski definition) is 4. The minimum Gasteiger partial charge on any atom is -0.369 e. The maximum absolute atomic E-state index is 6.41. The minimum absolute atomic E-state index is 0.0579. The third-order valence-corrected chi connectivity index (χ3v) is 5.38. The van der Waals surface area contributed by atoms with Crippen LogP contribution in [0, 0.1) is 5.92 Å². The summed E-state index contributed by atoms with van der Waals surface area (Å²) >= 11 is 1.69. The number of likely N-dealkylation sites (tertiary alicyclic amines) is 1. The topological polar surface area (TPSA) is 25.4 Å². The summed E-state index contributed by atoms with van der Waals surface area (Å²) in [6, 6.07) is 0. The first-order valence-electron chi connectivity index (χ1n) is 7.26. The second kappa shape index (κ2) is 4.83. The second-order valence-corrected chi connectivity index (χ2v) is 7.59. The molecule has 0 amide bonds. The average Bonchev–Trinajstić information content (AvgIpc) is 2.81. The van der Waals surface area contributed by atoms with Gasteiger partial charge in [-0.1, -0.05) is 0 Å². The molecule has 0 bridgehead atoms. The fourth-order valence-corrected chi connectivity index (χ4v) is 4.15. The van der Waals surface area contributed by atoms with Crippen LogP contribution in [-0.2, 0) is 11.3 Å². The third kappa shape index (κ3) is 2.86. The maximum atomic E-state index is 6.41. The highest BCUT2D eigenvalue weighted by Gasteiger charge is 2.47. The van der Waals surface area contributed by atoms with Gasteiger partial charge in [0.15, 0.2) is 0 Å². The Morgan fingerprint density at radius 1 is 1.42 bits per heavy atom. The van der Waals surface area contributed by atoms with Crippen molar-refractivity contribution in [1.29, 1.82) is 0 Å². The third-order valence-electron chi connectivity index (χ3n) is 4.74. The Hall–Kier alpha value is -0.450. The standard InChI is InChI=1S/C15H24N2OS/c1-14(2)5-4-12-8-17(7-6-15(12,3)18-14)9-13-10-19-11-16-13/h10-12H,4-9H2,1-3H3/t12-,15+/m0/s1. The van der Waals surface area contributed by atoms with Gasteiger partial charge in [-0.05, 0) is 40.0 Å².